The zero-order valence-corrected chi connectivity index (χ0v) is 12.7. The Morgan fingerprint density at radius 2 is 1.85 bits per heavy atom. The van der Waals surface area contributed by atoms with Crippen molar-refractivity contribution < 1.29 is 13.3 Å². The Bertz CT molecular complexity index is 613. The lowest BCUT2D eigenvalue weighted by Crippen LogP contribution is -2.38. The number of nitro groups is 1. The Morgan fingerprint density at radius 3 is 2.30 bits per heavy atom. The molecule has 0 heterocycles. The molecular formula is C12H19N3O4S. The number of nitrogen functional groups attached to an aromatic ring is 1. The number of rotatable bonds is 5. The molecule has 0 spiro atoms. The van der Waals surface area contributed by atoms with E-state index in [-0.39, 0.29) is 22.5 Å². The third kappa shape index (κ3) is 2.91. The number of hydrogen-bond donors (Lipinski definition) is 1. The van der Waals surface area contributed by atoms with Crippen molar-refractivity contribution in [1.29, 1.82) is 0 Å². The van der Waals surface area contributed by atoms with E-state index in [2.05, 4.69) is 0 Å². The highest BCUT2D eigenvalue weighted by Gasteiger charge is 2.34. The molecule has 1 aromatic rings. The van der Waals surface area contributed by atoms with Crippen LogP contribution in [-0.4, -0.2) is 30.7 Å². The molecule has 7 nitrogen and oxygen atoms in total. The van der Waals surface area contributed by atoms with Crippen LogP contribution in [0.3, 0.4) is 0 Å². The lowest BCUT2D eigenvalue weighted by Gasteiger charge is -2.27. The Morgan fingerprint density at radius 1 is 1.30 bits per heavy atom. The molecule has 1 rings (SSSR count). The Kier molecular flexibility index (Phi) is 4.72. The van der Waals surface area contributed by atoms with E-state index in [1.54, 1.807) is 6.92 Å². The molecule has 0 amide bonds. The predicted molar refractivity (Wildman–Crippen MR) is 76.8 cm³/mol. The van der Waals surface area contributed by atoms with Gasteiger partial charge in [-0.05, 0) is 25.0 Å². The fourth-order valence-corrected chi connectivity index (χ4v) is 3.42. The average Bonchev–Trinajstić information content (AvgIpc) is 2.35. The van der Waals surface area contributed by atoms with Gasteiger partial charge in [0.25, 0.3) is 0 Å². The first kappa shape index (κ1) is 16.4. The Labute approximate surface area is 118 Å². The van der Waals surface area contributed by atoms with E-state index in [1.165, 1.54) is 25.2 Å². The second-order valence-corrected chi connectivity index (χ2v) is 6.92. The normalized spacial score (nSPS) is 13.7. The van der Waals surface area contributed by atoms with Crippen LogP contribution in [0.15, 0.2) is 23.1 Å². The number of para-hydroxylation sites is 1. The smallest absolute Gasteiger partial charge is 0.312 e. The van der Waals surface area contributed by atoms with Crippen molar-refractivity contribution in [2.75, 3.05) is 12.8 Å². The van der Waals surface area contributed by atoms with Crippen LogP contribution >= 0.6 is 0 Å². The van der Waals surface area contributed by atoms with E-state index < -0.39 is 20.6 Å². The monoisotopic (exact) mass is 301 g/mol. The minimum Gasteiger partial charge on any atom is -0.393 e. The fourth-order valence-electron chi connectivity index (χ4n) is 1.74. The highest BCUT2D eigenvalue weighted by atomic mass is 32.2. The third-order valence-corrected chi connectivity index (χ3v) is 5.38. The summed E-state index contributed by atoms with van der Waals surface area (Å²) in [5, 5.41) is 11.1. The first-order valence-electron chi connectivity index (χ1n) is 6.11. The van der Waals surface area contributed by atoms with Crippen molar-refractivity contribution in [2.45, 2.75) is 31.7 Å². The standard InChI is InChI=1S/C12H19N3O4S/c1-8(2)9(3)14(4)20(18,19)11-7-5-6-10(13)12(11)15(16)17/h5-9H,13H2,1-4H3. The van der Waals surface area contributed by atoms with Crippen LogP contribution < -0.4 is 5.73 Å². The highest BCUT2D eigenvalue weighted by Crippen LogP contribution is 2.32. The van der Waals surface area contributed by atoms with E-state index >= 15 is 0 Å². The molecule has 0 saturated carbocycles. The van der Waals surface area contributed by atoms with Gasteiger partial charge >= 0.3 is 5.69 Å². The fraction of sp³-hybridized carbons (Fsp3) is 0.500. The molecule has 0 fully saturated rings. The number of anilines is 1. The Hall–Kier alpha value is -1.67. The first-order valence-corrected chi connectivity index (χ1v) is 7.55. The number of nitrogens with zero attached hydrogens (tertiary/aromatic N) is 2. The van der Waals surface area contributed by atoms with Gasteiger partial charge in [0.05, 0.1) is 4.92 Å². The summed E-state index contributed by atoms with van der Waals surface area (Å²) in [4.78, 5) is 9.91. The van der Waals surface area contributed by atoms with E-state index in [1.807, 2.05) is 13.8 Å². The van der Waals surface area contributed by atoms with Crippen molar-refractivity contribution in [3.63, 3.8) is 0 Å². The van der Waals surface area contributed by atoms with Crippen LogP contribution in [-0.2, 0) is 10.0 Å². The third-order valence-electron chi connectivity index (χ3n) is 3.41. The first-order chi connectivity index (χ1) is 9.10. The maximum absolute atomic E-state index is 12.5. The molecule has 0 radical (unpaired) electrons. The molecule has 8 heteroatoms. The summed E-state index contributed by atoms with van der Waals surface area (Å²) in [6.07, 6.45) is 0. The molecule has 1 atom stereocenters. The van der Waals surface area contributed by atoms with Gasteiger partial charge < -0.3 is 5.73 Å². The summed E-state index contributed by atoms with van der Waals surface area (Å²) in [6.45, 7) is 5.51. The van der Waals surface area contributed by atoms with Crippen LogP contribution in [0.4, 0.5) is 11.4 Å². The molecule has 20 heavy (non-hydrogen) atoms. The van der Waals surface area contributed by atoms with Crippen LogP contribution in [0.5, 0.6) is 0 Å². The van der Waals surface area contributed by atoms with Gasteiger partial charge in [-0.2, -0.15) is 4.31 Å². The molecule has 1 aromatic carbocycles. The second-order valence-electron chi connectivity index (χ2n) is 4.96. The summed E-state index contributed by atoms with van der Waals surface area (Å²) in [7, 11) is -2.56. The second kappa shape index (κ2) is 5.76. The van der Waals surface area contributed by atoms with Crippen molar-refractivity contribution in [3.8, 4) is 0 Å². The molecule has 0 aliphatic rings. The highest BCUT2D eigenvalue weighted by molar-refractivity contribution is 7.89. The SMILES string of the molecule is CC(C)C(C)N(C)S(=O)(=O)c1cccc(N)c1[N+](=O)[O-]. The van der Waals surface area contributed by atoms with Gasteiger partial charge in [-0.15, -0.1) is 0 Å². The van der Waals surface area contributed by atoms with Gasteiger partial charge in [0.15, 0.2) is 4.90 Å². The van der Waals surface area contributed by atoms with Gasteiger partial charge in [-0.25, -0.2) is 8.42 Å². The van der Waals surface area contributed by atoms with Crippen molar-refractivity contribution in [3.05, 3.63) is 28.3 Å². The molecular weight excluding hydrogens is 282 g/mol. The van der Waals surface area contributed by atoms with Crippen LogP contribution in [0.25, 0.3) is 0 Å². The summed E-state index contributed by atoms with van der Waals surface area (Å²) >= 11 is 0. The molecule has 0 aliphatic carbocycles. The molecule has 112 valence electrons. The Balaban J connectivity index is 3.44. The predicted octanol–water partition coefficient (Wildman–Crippen LogP) is 1.84. The summed E-state index contributed by atoms with van der Waals surface area (Å²) in [6, 6.07) is 3.61. The zero-order valence-electron chi connectivity index (χ0n) is 11.9. The van der Waals surface area contributed by atoms with E-state index in [0.717, 1.165) is 4.31 Å². The molecule has 0 saturated heterocycles. The number of benzene rings is 1. The van der Waals surface area contributed by atoms with E-state index in [9.17, 15) is 18.5 Å². The van der Waals surface area contributed by atoms with E-state index in [0.29, 0.717) is 0 Å². The largest absolute Gasteiger partial charge is 0.393 e. The topological polar surface area (TPSA) is 107 Å². The van der Waals surface area contributed by atoms with Gasteiger partial charge in [-0.1, -0.05) is 19.9 Å². The molecule has 0 aromatic heterocycles. The molecule has 2 N–H and O–H groups in total. The lowest BCUT2D eigenvalue weighted by molar-refractivity contribution is -0.386. The van der Waals surface area contributed by atoms with Gasteiger partial charge in [0.2, 0.25) is 10.0 Å². The molecule has 0 bridgehead atoms. The maximum atomic E-state index is 12.5. The van der Waals surface area contributed by atoms with Crippen LogP contribution in [0, 0.1) is 16.0 Å². The minimum absolute atomic E-state index is 0.0786. The number of nitrogens with two attached hydrogens (primary N) is 1. The molecule has 1 unspecified atom stereocenters. The van der Waals surface area contributed by atoms with Crippen molar-refractivity contribution >= 4 is 21.4 Å². The number of nitro benzene ring substituents is 1. The van der Waals surface area contributed by atoms with Crippen LogP contribution in [0.1, 0.15) is 20.8 Å². The lowest BCUT2D eigenvalue weighted by atomic mass is 10.1. The van der Waals surface area contributed by atoms with Gasteiger partial charge in [0.1, 0.15) is 5.69 Å². The minimum atomic E-state index is -3.97. The molecule has 0 aliphatic heterocycles. The number of hydrogen-bond acceptors (Lipinski definition) is 5. The summed E-state index contributed by atoms with van der Waals surface area (Å²) in [5.74, 6) is 0.0786. The van der Waals surface area contributed by atoms with E-state index in [4.69, 9.17) is 5.73 Å². The quantitative estimate of drug-likeness (QED) is 0.507. The zero-order chi connectivity index (χ0) is 15.7. The summed E-state index contributed by atoms with van der Waals surface area (Å²) in [5.41, 5.74) is 4.79. The van der Waals surface area contributed by atoms with Crippen LogP contribution in [0.2, 0.25) is 0 Å². The van der Waals surface area contributed by atoms with Crippen molar-refractivity contribution in [2.24, 2.45) is 5.92 Å². The summed E-state index contributed by atoms with van der Waals surface area (Å²) < 4.78 is 26.2. The maximum Gasteiger partial charge on any atom is 0.312 e. The van der Waals surface area contributed by atoms with Crippen molar-refractivity contribution in [1.82, 2.24) is 4.31 Å². The van der Waals surface area contributed by atoms with Gasteiger partial charge in [-0.3, -0.25) is 10.1 Å². The van der Waals surface area contributed by atoms with Gasteiger partial charge in [0, 0.05) is 13.1 Å². The number of sulfonamides is 1. The average molecular weight is 301 g/mol.